The van der Waals surface area contributed by atoms with Crippen LogP contribution in [0.25, 0.3) is 0 Å². The third-order valence-corrected chi connectivity index (χ3v) is 9.59. The molecule has 0 aromatic heterocycles. The second-order valence-electron chi connectivity index (χ2n) is 11.9. The fourth-order valence-electron chi connectivity index (χ4n) is 6.72. The number of carbonyl (C=O) groups is 3. The van der Waals surface area contributed by atoms with Crippen molar-refractivity contribution >= 4 is 17.8 Å². The number of carbonyl (C=O) groups excluding carboxylic acids is 3. The predicted molar refractivity (Wildman–Crippen MR) is 128 cm³/mol. The van der Waals surface area contributed by atoms with E-state index in [2.05, 4.69) is 33.0 Å². The second-order valence-corrected chi connectivity index (χ2v) is 11.9. The zero-order valence-corrected chi connectivity index (χ0v) is 21.1. The number of rotatable bonds is 5. The van der Waals surface area contributed by atoms with E-state index in [1.165, 1.54) is 17.0 Å². The maximum Gasteiger partial charge on any atom is 0.325 e. The van der Waals surface area contributed by atoms with E-state index in [9.17, 15) is 18.8 Å². The van der Waals surface area contributed by atoms with Gasteiger partial charge in [-0.05, 0) is 53.7 Å². The monoisotopic (exact) mass is 485 g/mol. The van der Waals surface area contributed by atoms with Crippen molar-refractivity contribution in [1.82, 2.24) is 15.1 Å². The number of benzene rings is 1. The van der Waals surface area contributed by atoms with E-state index in [0.29, 0.717) is 52.0 Å². The lowest BCUT2D eigenvalue weighted by Crippen LogP contribution is -2.58. The summed E-state index contributed by atoms with van der Waals surface area (Å²) in [4.78, 5) is 43.6. The van der Waals surface area contributed by atoms with Crippen molar-refractivity contribution in [3.63, 3.8) is 0 Å². The lowest BCUT2D eigenvalue weighted by atomic mass is 9.73. The van der Waals surface area contributed by atoms with Crippen LogP contribution >= 0.6 is 0 Å². The Labute approximate surface area is 206 Å². The molecule has 35 heavy (non-hydrogen) atoms. The van der Waals surface area contributed by atoms with E-state index in [-0.39, 0.29) is 52.4 Å². The third-order valence-electron chi connectivity index (χ3n) is 9.59. The second kappa shape index (κ2) is 8.29. The molecule has 0 bridgehead atoms. The van der Waals surface area contributed by atoms with Crippen LogP contribution in [0.15, 0.2) is 24.3 Å². The summed E-state index contributed by atoms with van der Waals surface area (Å²) >= 11 is 0. The minimum atomic E-state index is -1.11. The van der Waals surface area contributed by atoms with E-state index < -0.39 is 5.54 Å². The number of piperidine rings is 1. The number of hydrogen-bond donors (Lipinski definition) is 1. The van der Waals surface area contributed by atoms with Gasteiger partial charge in [0, 0.05) is 32.0 Å². The molecule has 4 aliphatic rings. The van der Waals surface area contributed by atoms with Crippen molar-refractivity contribution in [1.29, 1.82) is 0 Å². The molecule has 2 atom stereocenters. The number of halogens is 1. The summed E-state index contributed by atoms with van der Waals surface area (Å²) in [6.45, 7) is 10.6. The Morgan fingerprint density at radius 3 is 2.23 bits per heavy atom. The summed E-state index contributed by atoms with van der Waals surface area (Å²) in [6.07, 6.45) is 2.18. The van der Waals surface area contributed by atoms with Gasteiger partial charge >= 0.3 is 6.03 Å². The Balaban J connectivity index is 1.37. The maximum atomic E-state index is 13.9. The number of amides is 4. The standard InChI is InChI=1S/C27H36FN3O4/c1-25(2)21(26(25,3)4)22(32)30-12-9-18(10-13-30)27(15-17-5-7-19(28)8-6-17)23(33)31(24(34)29-27)20-11-14-35-16-20/h5-8,18,20-21H,9-16H2,1-4H3,(H,29,34). The average Bonchev–Trinajstić information content (AvgIpc) is 3.22. The van der Waals surface area contributed by atoms with Crippen LogP contribution in [0.4, 0.5) is 9.18 Å². The van der Waals surface area contributed by atoms with E-state index in [1.807, 2.05) is 4.90 Å². The van der Waals surface area contributed by atoms with Gasteiger partial charge in [0.2, 0.25) is 5.91 Å². The maximum absolute atomic E-state index is 13.9. The van der Waals surface area contributed by atoms with Crippen LogP contribution < -0.4 is 5.32 Å². The molecular weight excluding hydrogens is 449 g/mol. The molecule has 5 rings (SSSR count). The van der Waals surface area contributed by atoms with Gasteiger partial charge in [-0.2, -0.15) is 0 Å². The Kier molecular flexibility index (Phi) is 5.74. The molecular formula is C27H36FN3O4. The normalized spacial score (nSPS) is 30.6. The summed E-state index contributed by atoms with van der Waals surface area (Å²) in [6, 6.07) is 5.47. The number of likely N-dealkylation sites (tertiary alicyclic amines) is 1. The molecule has 4 fully saturated rings. The van der Waals surface area contributed by atoms with Gasteiger partial charge in [-0.3, -0.25) is 14.5 Å². The van der Waals surface area contributed by atoms with Crippen LogP contribution in [0.3, 0.4) is 0 Å². The average molecular weight is 486 g/mol. The molecule has 3 aliphatic heterocycles. The van der Waals surface area contributed by atoms with Gasteiger partial charge in [-0.25, -0.2) is 9.18 Å². The Morgan fingerprint density at radius 2 is 1.69 bits per heavy atom. The zero-order chi connectivity index (χ0) is 25.2. The number of ether oxygens (including phenoxy) is 1. The van der Waals surface area contributed by atoms with Crippen LogP contribution in [0.1, 0.15) is 52.5 Å². The number of hydrogen-bond acceptors (Lipinski definition) is 4. The summed E-state index contributed by atoms with van der Waals surface area (Å²) in [5.74, 6) is -0.493. The van der Waals surface area contributed by atoms with Gasteiger partial charge in [0.25, 0.3) is 5.91 Å². The van der Waals surface area contributed by atoms with Crippen molar-refractivity contribution in [2.75, 3.05) is 26.3 Å². The largest absolute Gasteiger partial charge is 0.379 e. The van der Waals surface area contributed by atoms with Crippen molar-refractivity contribution in [2.24, 2.45) is 22.7 Å². The highest BCUT2D eigenvalue weighted by atomic mass is 19.1. The molecule has 1 aromatic rings. The highest BCUT2D eigenvalue weighted by molar-refractivity contribution is 6.07. The number of nitrogens with zero attached hydrogens (tertiary/aromatic N) is 2. The molecule has 1 saturated carbocycles. The molecule has 7 nitrogen and oxygen atoms in total. The lowest BCUT2D eigenvalue weighted by molar-refractivity contribution is -0.138. The molecule has 2 unspecified atom stereocenters. The topological polar surface area (TPSA) is 79.0 Å². The van der Waals surface area contributed by atoms with Gasteiger partial charge in [0.15, 0.2) is 0 Å². The number of imide groups is 1. The van der Waals surface area contributed by atoms with Crippen molar-refractivity contribution in [3.8, 4) is 0 Å². The first-order valence-electron chi connectivity index (χ1n) is 12.8. The van der Waals surface area contributed by atoms with E-state index in [4.69, 9.17) is 4.74 Å². The summed E-state index contributed by atoms with van der Waals surface area (Å²) < 4.78 is 19.0. The molecule has 0 radical (unpaired) electrons. The van der Waals surface area contributed by atoms with Gasteiger partial charge in [0.1, 0.15) is 11.4 Å². The highest BCUT2D eigenvalue weighted by Gasteiger charge is 2.69. The van der Waals surface area contributed by atoms with Gasteiger partial charge in [-0.15, -0.1) is 0 Å². The van der Waals surface area contributed by atoms with Crippen LogP contribution in [0.2, 0.25) is 0 Å². The summed E-state index contributed by atoms with van der Waals surface area (Å²) in [5, 5.41) is 3.07. The van der Waals surface area contributed by atoms with Crippen LogP contribution in [-0.2, 0) is 20.7 Å². The van der Waals surface area contributed by atoms with E-state index in [1.54, 1.807) is 12.1 Å². The molecule has 3 saturated heterocycles. The minimum absolute atomic E-state index is 0.00500. The molecule has 4 amide bonds. The fraction of sp³-hybridized carbons (Fsp3) is 0.667. The zero-order valence-electron chi connectivity index (χ0n) is 21.1. The first kappa shape index (κ1) is 24.2. The highest BCUT2D eigenvalue weighted by Crippen LogP contribution is 2.68. The first-order chi connectivity index (χ1) is 16.5. The first-order valence-corrected chi connectivity index (χ1v) is 12.8. The third kappa shape index (κ3) is 3.76. The summed E-state index contributed by atoms with van der Waals surface area (Å²) in [5.41, 5.74) is -0.358. The molecule has 3 heterocycles. The minimum Gasteiger partial charge on any atom is -0.379 e. The smallest absolute Gasteiger partial charge is 0.325 e. The molecule has 1 N–H and O–H groups in total. The van der Waals surface area contributed by atoms with Crippen molar-refractivity contribution in [2.45, 2.75) is 65.0 Å². The van der Waals surface area contributed by atoms with Crippen LogP contribution in [-0.4, -0.2) is 65.5 Å². The Hall–Kier alpha value is -2.48. The lowest BCUT2D eigenvalue weighted by Gasteiger charge is -2.41. The quantitative estimate of drug-likeness (QED) is 0.649. The van der Waals surface area contributed by atoms with Crippen LogP contribution in [0, 0.1) is 28.5 Å². The van der Waals surface area contributed by atoms with E-state index in [0.717, 1.165) is 5.56 Å². The SMILES string of the molecule is CC1(C)C(C(=O)N2CCC(C3(Cc4ccc(F)cc4)NC(=O)N(C4CCOC4)C3=O)CC2)C1(C)C. The predicted octanol–water partition coefficient (Wildman–Crippen LogP) is 3.37. The number of nitrogens with one attached hydrogen (secondary N) is 1. The Bertz CT molecular complexity index is 1010. The van der Waals surface area contributed by atoms with Crippen LogP contribution in [0.5, 0.6) is 0 Å². The molecule has 190 valence electrons. The molecule has 8 heteroatoms. The van der Waals surface area contributed by atoms with Crippen molar-refractivity contribution < 1.29 is 23.5 Å². The van der Waals surface area contributed by atoms with Gasteiger partial charge < -0.3 is 15.0 Å². The van der Waals surface area contributed by atoms with Crippen molar-refractivity contribution in [3.05, 3.63) is 35.6 Å². The Morgan fingerprint density at radius 1 is 1.06 bits per heavy atom. The van der Waals surface area contributed by atoms with Gasteiger partial charge in [0.05, 0.1) is 12.6 Å². The molecule has 1 aromatic carbocycles. The molecule has 0 spiro atoms. The summed E-state index contributed by atoms with van der Waals surface area (Å²) in [7, 11) is 0. The fourth-order valence-corrected chi connectivity index (χ4v) is 6.72. The molecule has 1 aliphatic carbocycles. The van der Waals surface area contributed by atoms with Gasteiger partial charge in [-0.1, -0.05) is 39.8 Å². The van der Waals surface area contributed by atoms with E-state index >= 15 is 0 Å². The number of urea groups is 1.